The van der Waals surface area contributed by atoms with Gasteiger partial charge in [-0.1, -0.05) is 0 Å². The van der Waals surface area contributed by atoms with E-state index in [9.17, 15) is 158 Å². The van der Waals surface area contributed by atoms with Crippen LogP contribution in [0, 0.1) is 11.6 Å². The van der Waals surface area contributed by atoms with E-state index in [4.69, 9.17) is 0 Å². The van der Waals surface area contributed by atoms with Crippen molar-refractivity contribution in [2.75, 3.05) is 0 Å². The molecule has 342 valence electrons. The maximum absolute atomic E-state index is 14.4. The third kappa shape index (κ3) is 6.20. The molecule has 1 aromatic carbocycles. The lowest BCUT2D eigenvalue weighted by Crippen LogP contribution is -2.74. The maximum atomic E-state index is 14.4. The van der Waals surface area contributed by atoms with Crippen molar-refractivity contribution in [2.45, 2.75) is 95.3 Å². The molecule has 0 aliphatic heterocycles. The van der Waals surface area contributed by atoms with Crippen LogP contribution in [0.4, 0.5) is 158 Å². The second-order valence-corrected chi connectivity index (χ2v) is 10.8. The van der Waals surface area contributed by atoms with E-state index in [1.54, 1.807) is 0 Å². The van der Waals surface area contributed by atoms with E-state index in [1.165, 1.54) is 0 Å². The lowest BCUT2D eigenvalue weighted by atomic mass is 9.85. The molecule has 1 rings (SSSR count). The molecule has 1 aromatic rings. The average Bonchev–Trinajstić information content (AvgIpc) is 2.99. The van der Waals surface area contributed by atoms with E-state index in [0.29, 0.717) is 0 Å². The lowest BCUT2D eigenvalue weighted by Gasteiger charge is -2.43. The number of halogens is 36. The van der Waals surface area contributed by atoms with Crippen molar-refractivity contribution in [2.24, 2.45) is 0 Å². The molecule has 0 saturated carbocycles. The van der Waals surface area contributed by atoms with E-state index in [2.05, 4.69) is 0 Å². The topological polar surface area (TPSA) is 0 Å². The van der Waals surface area contributed by atoms with Crippen molar-refractivity contribution in [3.05, 3.63) is 34.9 Å². The molecule has 0 amide bonds. The molecule has 0 nitrogen and oxygen atoms in total. The van der Waals surface area contributed by atoms with Gasteiger partial charge in [-0.25, -0.2) is 8.78 Å². The summed E-state index contributed by atoms with van der Waals surface area (Å²) in [6.07, 6.45) is -16.5. The maximum Gasteiger partial charge on any atom is 0.460 e. The molecule has 0 heterocycles. The van der Waals surface area contributed by atoms with Crippen LogP contribution in [0.5, 0.6) is 0 Å². The second-order valence-electron chi connectivity index (χ2n) is 10.8. The smallest absolute Gasteiger partial charge is 0.206 e. The van der Waals surface area contributed by atoms with Crippen molar-refractivity contribution in [1.29, 1.82) is 0 Å². The zero-order valence-electron chi connectivity index (χ0n) is 24.8. The molecule has 36 heteroatoms. The quantitative estimate of drug-likeness (QED) is 0.163. The standard InChI is InChI=1S/C22H2F36/c23-5-1-3(7(25,26)9(29,30)11(33,34)13(37,38)15(41,42)17(45,46)19(49,50)21(53,54)55)6(24)2-4(5)8(27,28)10(31,32)12(35,36)14(39,40)16(43,44)18(47,48)20(51,52)22(56,57)58/h1-2H. The van der Waals surface area contributed by atoms with Gasteiger partial charge in [0.25, 0.3) is 0 Å². The third-order valence-electron chi connectivity index (χ3n) is 7.18. The Hall–Kier alpha value is -3.30. The number of hydrogen-bond acceptors (Lipinski definition) is 0. The normalized spacial score (nSPS) is 16.6. The Morgan fingerprint density at radius 2 is 0.345 bits per heavy atom. The zero-order chi connectivity index (χ0) is 47.7. The van der Waals surface area contributed by atoms with Crippen LogP contribution in [0.3, 0.4) is 0 Å². The Balaban J connectivity index is 4.06. The highest BCUT2D eigenvalue weighted by Crippen LogP contribution is 2.67. The predicted octanol–water partition coefficient (Wildman–Crippen LogP) is 12.9. The van der Waals surface area contributed by atoms with Crippen LogP contribution in [0.1, 0.15) is 11.1 Å². The summed E-state index contributed by atoms with van der Waals surface area (Å²) >= 11 is 0. The summed E-state index contributed by atoms with van der Waals surface area (Å²) in [6, 6.07) is -5.16. The minimum atomic E-state index is -9.45. The first-order valence-corrected chi connectivity index (χ1v) is 12.5. The van der Waals surface area contributed by atoms with Gasteiger partial charge in [-0.05, 0) is 12.1 Å². The summed E-state index contributed by atoms with van der Waals surface area (Å²) in [5.74, 6) is -136. The van der Waals surface area contributed by atoms with Crippen LogP contribution >= 0.6 is 0 Å². The number of rotatable bonds is 14. The minimum absolute atomic E-state index is 2.58. The Morgan fingerprint density at radius 1 is 0.207 bits per heavy atom. The predicted molar refractivity (Wildman–Crippen MR) is 106 cm³/mol. The fourth-order valence-electron chi connectivity index (χ4n) is 3.69. The summed E-state index contributed by atoms with van der Waals surface area (Å²) < 4.78 is 485. The molecule has 0 spiro atoms. The highest BCUT2D eigenvalue weighted by atomic mass is 19.4. The molecule has 0 atom stereocenters. The molecule has 0 unspecified atom stereocenters. The summed E-state index contributed by atoms with van der Waals surface area (Å²) in [6.45, 7) is 0. The number of benzene rings is 1. The second kappa shape index (κ2) is 13.1. The highest BCUT2D eigenvalue weighted by Gasteiger charge is 2.97. The highest BCUT2D eigenvalue weighted by molar-refractivity contribution is 5.36. The summed E-state index contributed by atoms with van der Waals surface area (Å²) in [5, 5.41) is 0. The van der Waals surface area contributed by atoms with E-state index in [1.807, 2.05) is 0 Å². The minimum Gasteiger partial charge on any atom is -0.206 e. The average molecular weight is 950 g/mol. The van der Waals surface area contributed by atoms with E-state index in [-0.39, 0.29) is 0 Å². The molecule has 0 aliphatic rings. The zero-order valence-corrected chi connectivity index (χ0v) is 24.8. The largest absolute Gasteiger partial charge is 0.460 e. The Kier molecular flexibility index (Phi) is 11.9. The van der Waals surface area contributed by atoms with Crippen LogP contribution in [-0.2, 0) is 11.8 Å². The van der Waals surface area contributed by atoms with Crippen LogP contribution in [0.2, 0.25) is 0 Å². The van der Waals surface area contributed by atoms with Gasteiger partial charge < -0.3 is 0 Å². The van der Waals surface area contributed by atoms with Gasteiger partial charge in [0.2, 0.25) is 0 Å². The molecule has 0 bridgehead atoms. The first-order valence-electron chi connectivity index (χ1n) is 12.5. The van der Waals surface area contributed by atoms with Gasteiger partial charge in [0, 0.05) is 0 Å². The monoisotopic (exact) mass is 950 g/mol. The van der Waals surface area contributed by atoms with Gasteiger partial charge in [-0.2, -0.15) is 149 Å². The molecular formula is C22H2F36. The Morgan fingerprint density at radius 3 is 0.500 bits per heavy atom. The van der Waals surface area contributed by atoms with Crippen molar-refractivity contribution in [1.82, 2.24) is 0 Å². The molecule has 58 heavy (non-hydrogen) atoms. The van der Waals surface area contributed by atoms with E-state index >= 15 is 0 Å². The Bertz CT molecular complexity index is 1560. The summed E-state index contributed by atoms with van der Waals surface area (Å²) in [7, 11) is 0. The third-order valence-corrected chi connectivity index (χ3v) is 7.18. The molecule has 0 fully saturated rings. The van der Waals surface area contributed by atoms with Crippen molar-refractivity contribution in [3.8, 4) is 0 Å². The summed E-state index contributed by atoms with van der Waals surface area (Å²) in [4.78, 5) is 0. The van der Waals surface area contributed by atoms with Crippen molar-refractivity contribution < 1.29 is 158 Å². The SMILES string of the molecule is Fc1cc(C(F)(F)C(F)(F)C(F)(F)C(F)(F)C(F)(F)C(F)(F)C(F)(F)C(F)(F)F)c(F)cc1C(F)(F)C(F)(F)C(F)(F)C(F)(F)C(F)(F)C(F)(F)C(F)(F)C(F)(F)F. The van der Waals surface area contributed by atoms with Crippen LogP contribution in [0.25, 0.3) is 0 Å². The molecule has 0 radical (unpaired) electrons. The lowest BCUT2D eigenvalue weighted by molar-refractivity contribution is -0.463. The molecule has 0 aliphatic carbocycles. The van der Waals surface area contributed by atoms with E-state index < -0.39 is 130 Å². The van der Waals surface area contributed by atoms with Gasteiger partial charge in [0.15, 0.2) is 0 Å². The fourth-order valence-corrected chi connectivity index (χ4v) is 3.69. The van der Waals surface area contributed by atoms with Gasteiger partial charge in [-0.3, -0.25) is 0 Å². The molecule has 0 saturated heterocycles. The van der Waals surface area contributed by atoms with Crippen molar-refractivity contribution in [3.63, 3.8) is 0 Å². The van der Waals surface area contributed by atoms with E-state index in [0.717, 1.165) is 0 Å². The Labute approximate surface area is 289 Å². The van der Waals surface area contributed by atoms with Crippen molar-refractivity contribution >= 4 is 0 Å². The van der Waals surface area contributed by atoms with Crippen LogP contribution in [0.15, 0.2) is 12.1 Å². The molecule has 0 aromatic heterocycles. The van der Waals surface area contributed by atoms with Gasteiger partial charge in [-0.15, -0.1) is 0 Å². The van der Waals surface area contributed by atoms with Gasteiger partial charge in [0.05, 0.1) is 11.1 Å². The van der Waals surface area contributed by atoms with Crippen LogP contribution < -0.4 is 0 Å². The van der Waals surface area contributed by atoms with Gasteiger partial charge >= 0.3 is 95.3 Å². The first kappa shape index (κ1) is 52.7. The number of hydrogen-bond donors (Lipinski definition) is 0. The summed E-state index contributed by atoms with van der Waals surface area (Å²) in [5.41, 5.74) is -9.05. The molecule has 0 N–H and O–H groups in total. The first-order chi connectivity index (χ1) is 24.5. The van der Waals surface area contributed by atoms with Crippen LogP contribution in [-0.4, -0.2) is 83.4 Å². The number of alkyl halides is 34. The molecular weight excluding hydrogens is 948 g/mol. The fraction of sp³-hybridized carbons (Fsp3) is 0.727. The van der Waals surface area contributed by atoms with Gasteiger partial charge in [0.1, 0.15) is 11.6 Å².